The zero-order valence-electron chi connectivity index (χ0n) is 24.2. The Morgan fingerprint density at radius 1 is 1.21 bits per heavy atom. The Morgan fingerprint density at radius 2 is 2.02 bits per heavy atom. The molecule has 0 spiro atoms. The van der Waals surface area contributed by atoms with Crippen molar-refractivity contribution in [1.82, 2.24) is 14.6 Å². The van der Waals surface area contributed by atoms with Crippen LogP contribution >= 0.6 is 11.3 Å². The summed E-state index contributed by atoms with van der Waals surface area (Å²) in [6.07, 6.45) is 3.57. The van der Waals surface area contributed by atoms with E-state index in [0.717, 1.165) is 35.9 Å². The molecule has 2 saturated heterocycles. The van der Waals surface area contributed by atoms with Gasteiger partial charge in [0.25, 0.3) is 0 Å². The number of nitrogens with one attached hydrogen (secondary N) is 1. The monoisotopic (exact) mass is 626 g/mol. The first-order valence-electron chi connectivity index (χ1n) is 15.1. The van der Waals surface area contributed by atoms with Crippen molar-refractivity contribution in [3.05, 3.63) is 54.1 Å². The highest BCUT2D eigenvalue weighted by Gasteiger charge is 2.53. The van der Waals surface area contributed by atoms with Gasteiger partial charge in [-0.15, -0.1) is 0 Å². The highest BCUT2D eigenvalue weighted by molar-refractivity contribution is 7.89. The summed E-state index contributed by atoms with van der Waals surface area (Å²) >= 11 is 1.27. The first kappa shape index (κ1) is 29.0. The number of aromatic nitrogens is 1. The third-order valence-electron chi connectivity index (χ3n) is 9.43. The Bertz CT molecular complexity index is 1590. The molecule has 0 radical (unpaired) electrons. The number of alkyl carbamates (subject to hydrolysis) is 1. The number of hydrogen-bond acceptors (Lipinski definition) is 9. The van der Waals surface area contributed by atoms with Crippen LogP contribution in [0.2, 0.25) is 0 Å². The Labute approximate surface area is 255 Å². The fourth-order valence-electron chi connectivity index (χ4n) is 6.78. The summed E-state index contributed by atoms with van der Waals surface area (Å²) in [5, 5.41) is 3.49. The molecule has 6 atom stereocenters. The fourth-order valence-corrected chi connectivity index (χ4v) is 9.26. The van der Waals surface area contributed by atoms with Crippen LogP contribution in [0.4, 0.5) is 9.93 Å². The second-order valence-corrected chi connectivity index (χ2v) is 15.9. The van der Waals surface area contributed by atoms with E-state index in [1.54, 1.807) is 22.5 Å². The molecule has 230 valence electrons. The van der Waals surface area contributed by atoms with Gasteiger partial charge in [-0.3, -0.25) is 0 Å². The molecule has 4 aliphatic rings. The van der Waals surface area contributed by atoms with Gasteiger partial charge in [0.05, 0.1) is 27.8 Å². The van der Waals surface area contributed by atoms with Crippen LogP contribution in [0.1, 0.15) is 44.6 Å². The normalized spacial score (nSPS) is 27.8. The predicted octanol–water partition coefficient (Wildman–Crippen LogP) is 4.55. The van der Waals surface area contributed by atoms with E-state index < -0.39 is 16.1 Å². The van der Waals surface area contributed by atoms with E-state index in [1.807, 2.05) is 30.3 Å². The Hall–Kier alpha value is -2.77. The van der Waals surface area contributed by atoms with Gasteiger partial charge in [0.1, 0.15) is 6.10 Å². The Balaban J connectivity index is 1.08. The molecular formula is C31H38N4O6S2. The molecule has 43 heavy (non-hydrogen) atoms. The lowest BCUT2D eigenvalue weighted by atomic mass is 9.78. The number of hydrogen-bond donors (Lipinski definition) is 2. The van der Waals surface area contributed by atoms with Crippen molar-refractivity contribution >= 4 is 42.8 Å². The summed E-state index contributed by atoms with van der Waals surface area (Å²) in [4.78, 5) is 17.8. The van der Waals surface area contributed by atoms with Crippen molar-refractivity contribution in [2.24, 2.45) is 17.3 Å². The number of thiazole rings is 1. The smallest absolute Gasteiger partial charge is 0.407 e. The molecule has 3 heterocycles. The van der Waals surface area contributed by atoms with Crippen LogP contribution in [0.25, 0.3) is 10.2 Å². The molecule has 2 aliphatic carbocycles. The van der Waals surface area contributed by atoms with Gasteiger partial charge in [-0.25, -0.2) is 18.2 Å². The molecule has 4 fully saturated rings. The van der Waals surface area contributed by atoms with Crippen molar-refractivity contribution in [1.29, 1.82) is 0 Å². The average Bonchev–Trinajstić information content (AvgIpc) is 3.47. The van der Waals surface area contributed by atoms with Crippen LogP contribution in [-0.4, -0.2) is 68.0 Å². The molecule has 12 heteroatoms. The van der Waals surface area contributed by atoms with Gasteiger partial charge in [0.15, 0.2) is 11.4 Å². The lowest BCUT2D eigenvalue weighted by Crippen LogP contribution is -2.48. The topological polar surface area (TPSA) is 133 Å². The summed E-state index contributed by atoms with van der Waals surface area (Å²) in [5.74, 6) is 0.514. The zero-order valence-corrected chi connectivity index (χ0v) is 25.8. The summed E-state index contributed by atoms with van der Waals surface area (Å²) in [6.45, 7) is 3.34. The number of carbonyl (C=O) groups is 1. The van der Waals surface area contributed by atoms with Crippen molar-refractivity contribution in [3.8, 4) is 0 Å². The van der Waals surface area contributed by atoms with Gasteiger partial charge in [0, 0.05) is 31.0 Å². The van der Waals surface area contributed by atoms with Gasteiger partial charge in [0.2, 0.25) is 10.0 Å². The molecule has 3 N–H and O–H groups in total. The highest BCUT2D eigenvalue weighted by Crippen LogP contribution is 2.47. The van der Waals surface area contributed by atoms with Crippen molar-refractivity contribution in [2.45, 2.75) is 74.9 Å². The van der Waals surface area contributed by atoms with Crippen molar-refractivity contribution in [2.75, 3.05) is 25.4 Å². The van der Waals surface area contributed by atoms with Crippen LogP contribution in [0.5, 0.6) is 0 Å². The minimum absolute atomic E-state index is 0.0469. The number of nitrogen functional groups attached to an aromatic ring is 1. The largest absolute Gasteiger partial charge is 0.443 e. The summed E-state index contributed by atoms with van der Waals surface area (Å²) in [7, 11) is -3.81. The fraction of sp³-hybridized carbons (Fsp3) is 0.548. The molecule has 2 aliphatic heterocycles. The maximum absolute atomic E-state index is 14.0. The second-order valence-electron chi connectivity index (χ2n) is 12.9. The molecule has 1 aromatic heterocycles. The number of anilines is 1. The van der Waals surface area contributed by atoms with Crippen LogP contribution in [0, 0.1) is 17.3 Å². The van der Waals surface area contributed by atoms with E-state index in [-0.39, 0.29) is 47.3 Å². The molecule has 7 rings (SSSR count). The lowest BCUT2D eigenvalue weighted by molar-refractivity contribution is -0.153. The zero-order chi connectivity index (χ0) is 29.8. The third-order valence-corrected chi connectivity index (χ3v) is 12.1. The highest BCUT2D eigenvalue weighted by atomic mass is 32.2. The van der Waals surface area contributed by atoms with E-state index in [0.29, 0.717) is 42.6 Å². The molecule has 2 saturated carbocycles. The Kier molecular flexibility index (Phi) is 7.61. The number of benzene rings is 2. The lowest BCUT2D eigenvalue weighted by Gasteiger charge is -2.36. The molecule has 3 aromatic rings. The first-order chi connectivity index (χ1) is 20.6. The molecule has 5 unspecified atom stereocenters. The van der Waals surface area contributed by atoms with Crippen molar-refractivity contribution in [3.63, 3.8) is 0 Å². The second kappa shape index (κ2) is 11.3. The average molecular weight is 627 g/mol. The SMILES string of the molecule is CC1(CN(CC[C@H](Cc2ccccc2)NC(=O)OC2C3COC4OC2CC4C3)S(=O)(=O)c2ccc3nc(N)sc3c2)CC1. The van der Waals surface area contributed by atoms with Crippen LogP contribution in [0.15, 0.2) is 53.4 Å². The van der Waals surface area contributed by atoms with Gasteiger partial charge >= 0.3 is 6.09 Å². The first-order valence-corrected chi connectivity index (χ1v) is 17.4. The standard InChI is InChI=1S/C31H38N4O6S2/c1-31(10-11-31)18-35(43(37,38)23-7-8-24-26(16-23)42-29(32)34-24)12-9-22(13-19-5-3-2-4-6-19)33-30(36)41-27-21-14-20-15-25(27)40-28(20)39-17-21/h2-8,16,20-22,25,27-28H,9-15,17-18H2,1H3,(H2,32,34)(H,33,36)/t20?,21?,22-,25?,27?,28?/m1/s1. The minimum Gasteiger partial charge on any atom is -0.443 e. The number of fused-ring (bicyclic) bond motifs is 3. The van der Waals surface area contributed by atoms with Gasteiger partial charge in [-0.2, -0.15) is 4.31 Å². The number of ether oxygens (including phenoxy) is 3. The third kappa shape index (κ3) is 6.12. The summed E-state index contributed by atoms with van der Waals surface area (Å²) in [6, 6.07) is 14.5. The van der Waals surface area contributed by atoms with Crippen LogP contribution in [-0.2, 0) is 30.7 Å². The van der Waals surface area contributed by atoms with Gasteiger partial charge in [-0.1, -0.05) is 48.6 Å². The van der Waals surface area contributed by atoms with E-state index in [4.69, 9.17) is 19.9 Å². The maximum Gasteiger partial charge on any atom is 0.407 e. The molecule has 10 nitrogen and oxygen atoms in total. The van der Waals surface area contributed by atoms with E-state index >= 15 is 0 Å². The molecular weight excluding hydrogens is 588 g/mol. The van der Waals surface area contributed by atoms with Crippen LogP contribution in [0.3, 0.4) is 0 Å². The van der Waals surface area contributed by atoms with E-state index in [1.165, 1.54) is 11.3 Å². The van der Waals surface area contributed by atoms with Crippen LogP contribution < -0.4 is 11.1 Å². The number of amides is 1. The number of rotatable bonds is 11. The minimum atomic E-state index is -3.81. The number of nitrogens with two attached hydrogens (primary N) is 1. The van der Waals surface area contributed by atoms with Gasteiger partial charge < -0.3 is 25.3 Å². The number of sulfonamides is 1. The predicted molar refractivity (Wildman–Crippen MR) is 163 cm³/mol. The quantitative estimate of drug-likeness (QED) is 0.317. The number of nitrogens with zero attached hydrogens (tertiary/aromatic N) is 2. The molecule has 2 aromatic carbocycles. The summed E-state index contributed by atoms with van der Waals surface area (Å²) < 4.78 is 48.2. The van der Waals surface area contributed by atoms with Crippen molar-refractivity contribution < 1.29 is 27.4 Å². The molecule has 1 amide bonds. The van der Waals surface area contributed by atoms with E-state index in [2.05, 4.69) is 17.2 Å². The Morgan fingerprint density at radius 3 is 2.81 bits per heavy atom. The summed E-state index contributed by atoms with van der Waals surface area (Å²) in [5.41, 5.74) is 7.56. The molecule has 3 bridgehead atoms. The number of carbonyl (C=O) groups excluding carboxylic acids is 1. The van der Waals surface area contributed by atoms with E-state index in [9.17, 15) is 13.2 Å². The van der Waals surface area contributed by atoms with Gasteiger partial charge in [-0.05, 0) is 67.7 Å². The maximum atomic E-state index is 14.0.